The van der Waals surface area contributed by atoms with Gasteiger partial charge in [0.25, 0.3) is 5.56 Å². The molecule has 5 rings (SSSR count). The fraction of sp³-hybridized carbons (Fsp3) is 0.0968. The van der Waals surface area contributed by atoms with Crippen molar-refractivity contribution in [3.63, 3.8) is 0 Å². The van der Waals surface area contributed by atoms with Gasteiger partial charge in [0.05, 0.1) is 32.9 Å². The van der Waals surface area contributed by atoms with E-state index in [-0.39, 0.29) is 17.7 Å². The van der Waals surface area contributed by atoms with E-state index >= 15 is 0 Å². The monoisotopic (exact) mass is 645 g/mol. The Kier molecular flexibility index (Phi) is 8.20. The molecule has 1 heterocycles. The summed E-state index contributed by atoms with van der Waals surface area (Å²) in [6, 6.07) is 26.9. The molecule has 0 aliphatic heterocycles. The maximum atomic E-state index is 13.4. The van der Waals surface area contributed by atoms with E-state index in [9.17, 15) is 14.7 Å². The molecule has 4 aromatic carbocycles. The van der Waals surface area contributed by atoms with Crippen LogP contribution in [0.15, 0.2) is 101 Å². The number of hydrogen-bond donors (Lipinski definition) is 1. The predicted octanol–water partition coefficient (Wildman–Crippen LogP) is 6.23. The van der Waals surface area contributed by atoms with E-state index in [1.165, 1.54) is 10.7 Å². The number of nitrogens with zero attached hydrogens (tertiary/aromatic N) is 3. The number of para-hydroxylation sites is 1. The molecule has 0 bridgehead atoms. The molecule has 0 radical (unpaired) electrons. The van der Waals surface area contributed by atoms with Crippen LogP contribution in [0.5, 0.6) is 11.5 Å². The number of aromatic carboxylic acids is 1. The molecule has 0 saturated heterocycles. The average molecular weight is 645 g/mol. The third kappa shape index (κ3) is 5.89. The molecule has 0 spiro atoms. The SMILES string of the molecule is CCOc1cc(C=Nn2c(-c3ccccc3)nc3ccccc3c2=O)cc(I)c1OCc1cccc(C(=O)O)c1. The average Bonchev–Trinajstić information content (AvgIpc) is 2.97. The van der Waals surface area contributed by atoms with E-state index in [1.54, 1.807) is 42.6 Å². The van der Waals surface area contributed by atoms with Crippen molar-refractivity contribution in [2.75, 3.05) is 6.61 Å². The molecule has 0 saturated carbocycles. The number of aromatic nitrogens is 2. The molecule has 0 unspecified atom stereocenters. The molecule has 40 heavy (non-hydrogen) atoms. The number of halogens is 1. The highest BCUT2D eigenvalue weighted by atomic mass is 127. The Morgan fingerprint density at radius 1 is 1.00 bits per heavy atom. The first-order valence-electron chi connectivity index (χ1n) is 12.5. The Hall–Kier alpha value is -4.51. The minimum atomic E-state index is -0.994. The summed E-state index contributed by atoms with van der Waals surface area (Å²) in [4.78, 5) is 29.5. The lowest BCUT2D eigenvalue weighted by Crippen LogP contribution is -2.20. The number of rotatable bonds is 9. The van der Waals surface area contributed by atoms with Crippen molar-refractivity contribution in [1.29, 1.82) is 0 Å². The van der Waals surface area contributed by atoms with Gasteiger partial charge >= 0.3 is 5.97 Å². The van der Waals surface area contributed by atoms with E-state index < -0.39 is 5.97 Å². The van der Waals surface area contributed by atoms with Crippen LogP contribution >= 0.6 is 22.6 Å². The summed E-state index contributed by atoms with van der Waals surface area (Å²) in [6.07, 6.45) is 1.59. The third-order valence-electron chi connectivity index (χ3n) is 6.00. The van der Waals surface area contributed by atoms with Gasteiger partial charge in [0.1, 0.15) is 6.61 Å². The Morgan fingerprint density at radius 3 is 2.55 bits per heavy atom. The lowest BCUT2D eigenvalue weighted by atomic mass is 10.1. The molecule has 200 valence electrons. The number of carbonyl (C=O) groups is 1. The lowest BCUT2D eigenvalue weighted by Gasteiger charge is -2.15. The fourth-order valence-electron chi connectivity index (χ4n) is 4.14. The molecule has 8 nitrogen and oxygen atoms in total. The minimum Gasteiger partial charge on any atom is -0.490 e. The standard InChI is InChI=1S/C31H24IN3O5/c1-2-39-27-17-21(16-25(32)28(27)40-19-20-9-8-12-23(15-20)31(37)38)18-33-35-29(22-10-4-3-5-11-22)34-26-14-7-6-13-24(26)30(35)36/h3-18H,2,19H2,1H3,(H,37,38). The zero-order chi connectivity index (χ0) is 28.1. The molecule has 0 atom stereocenters. The maximum Gasteiger partial charge on any atom is 0.335 e. The van der Waals surface area contributed by atoms with Crippen LogP contribution in [0, 0.1) is 3.57 Å². The second kappa shape index (κ2) is 12.1. The summed E-state index contributed by atoms with van der Waals surface area (Å²) in [6.45, 7) is 2.46. The number of benzene rings is 4. The van der Waals surface area contributed by atoms with Crippen molar-refractivity contribution in [1.82, 2.24) is 9.66 Å². The van der Waals surface area contributed by atoms with Crippen LogP contribution in [0.25, 0.3) is 22.3 Å². The Bertz CT molecular complexity index is 1780. The molecule has 5 aromatic rings. The van der Waals surface area contributed by atoms with E-state index in [0.29, 0.717) is 40.4 Å². The molecule has 1 N–H and O–H groups in total. The van der Waals surface area contributed by atoms with Gasteiger partial charge in [-0.05, 0) is 77.0 Å². The second-order valence-electron chi connectivity index (χ2n) is 8.74. The van der Waals surface area contributed by atoms with Gasteiger partial charge in [0, 0.05) is 5.56 Å². The second-order valence-corrected chi connectivity index (χ2v) is 9.90. The van der Waals surface area contributed by atoms with Gasteiger partial charge in [-0.25, -0.2) is 9.78 Å². The molecule has 0 fully saturated rings. The van der Waals surface area contributed by atoms with Gasteiger partial charge in [0.2, 0.25) is 0 Å². The van der Waals surface area contributed by atoms with Gasteiger partial charge in [-0.1, -0.05) is 54.6 Å². The lowest BCUT2D eigenvalue weighted by molar-refractivity contribution is 0.0696. The molecular formula is C31H24IN3O5. The predicted molar refractivity (Wildman–Crippen MR) is 162 cm³/mol. The number of fused-ring (bicyclic) bond motifs is 1. The molecule has 0 aliphatic carbocycles. The van der Waals surface area contributed by atoms with E-state index in [2.05, 4.69) is 27.7 Å². The van der Waals surface area contributed by atoms with Gasteiger partial charge in [-0.15, -0.1) is 0 Å². The van der Waals surface area contributed by atoms with Gasteiger partial charge in [-0.3, -0.25) is 4.79 Å². The van der Waals surface area contributed by atoms with Crippen molar-refractivity contribution >= 4 is 45.7 Å². The summed E-state index contributed by atoms with van der Waals surface area (Å²) in [5.41, 5.74) is 2.71. The quantitative estimate of drug-likeness (QED) is 0.151. The zero-order valence-electron chi connectivity index (χ0n) is 21.5. The molecular weight excluding hydrogens is 621 g/mol. The Labute approximate surface area is 243 Å². The number of hydrogen-bond acceptors (Lipinski definition) is 6. The van der Waals surface area contributed by atoms with Crippen molar-refractivity contribution < 1.29 is 19.4 Å². The van der Waals surface area contributed by atoms with Gasteiger partial charge < -0.3 is 14.6 Å². The van der Waals surface area contributed by atoms with Crippen LogP contribution < -0.4 is 15.0 Å². The number of carboxylic acid groups (broad SMARTS) is 1. The third-order valence-corrected chi connectivity index (χ3v) is 6.80. The molecule has 1 aromatic heterocycles. The zero-order valence-corrected chi connectivity index (χ0v) is 23.6. The molecule has 9 heteroatoms. The number of ether oxygens (including phenoxy) is 2. The van der Waals surface area contributed by atoms with Crippen molar-refractivity contribution in [3.05, 3.63) is 122 Å². The van der Waals surface area contributed by atoms with Crippen LogP contribution in [0.4, 0.5) is 0 Å². The van der Waals surface area contributed by atoms with Gasteiger partial charge in [0.15, 0.2) is 17.3 Å². The van der Waals surface area contributed by atoms with E-state index in [0.717, 1.165) is 14.7 Å². The Morgan fingerprint density at radius 2 is 1.77 bits per heavy atom. The smallest absolute Gasteiger partial charge is 0.335 e. The van der Waals surface area contributed by atoms with E-state index in [4.69, 9.17) is 14.5 Å². The normalized spacial score (nSPS) is 11.2. The summed E-state index contributed by atoms with van der Waals surface area (Å²) < 4.78 is 14.0. The first kappa shape index (κ1) is 27.1. The summed E-state index contributed by atoms with van der Waals surface area (Å²) >= 11 is 2.16. The van der Waals surface area contributed by atoms with E-state index in [1.807, 2.05) is 55.5 Å². The number of carboxylic acids is 1. The fourth-order valence-corrected chi connectivity index (χ4v) is 4.93. The van der Waals surface area contributed by atoms with Crippen LogP contribution in [0.2, 0.25) is 0 Å². The molecule has 0 aliphatic rings. The maximum absolute atomic E-state index is 13.4. The first-order chi connectivity index (χ1) is 19.4. The van der Waals surface area contributed by atoms with Crippen LogP contribution in [0.1, 0.15) is 28.4 Å². The Balaban J connectivity index is 1.50. The summed E-state index contributed by atoms with van der Waals surface area (Å²) in [5, 5.41) is 14.3. The van der Waals surface area contributed by atoms with Crippen LogP contribution in [-0.2, 0) is 6.61 Å². The highest BCUT2D eigenvalue weighted by Crippen LogP contribution is 2.34. The summed E-state index contributed by atoms with van der Waals surface area (Å²) in [5.74, 6) is 0.488. The van der Waals surface area contributed by atoms with Crippen molar-refractivity contribution in [3.8, 4) is 22.9 Å². The first-order valence-corrected chi connectivity index (χ1v) is 13.6. The largest absolute Gasteiger partial charge is 0.490 e. The summed E-state index contributed by atoms with van der Waals surface area (Å²) in [7, 11) is 0. The van der Waals surface area contributed by atoms with Crippen LogP contribution in [0.3, 0.4) is 0 Å². The topological polar surface area (TPSA) is 103 Å². The van der Waals surface area contributed by atoms with Crippen LogP contribution in [-0.4, -0.2) is 33.6 Å². The van der Waals surface area contributed by atoms with Crippen molar-refractivity contribution in [2.24, 2.45) is 5.10 Å². The van der Waals surface area contributed by atoms with Crippen molar-refractivity contribution in [2.45, 2.75) is 13.5 Å². The highest BCUT2D eigenvalue weighted by molar-refractivity contribution is 14.1. The highest BCUT2D eigenvalue weighted by Gasteiger charge is 2.15. The van der Waals surface area contributed by atoms with Gasteiger partial charge in [-0.2, -0.15) is 9.78 Å². The molecule has 0 amide bonds. The minimum absolute atomic E-state index is 0.170.